The minimum atomic E-state index is 0.954. The van der Waals surface area contributed by atoms with Crippen LogP contribution in [0.4, 0.5) is 0 Å². The van der Waals surface area contributed by atoms with Crippen LogP contribution in [0.15, 0.2) is 47.9 Å². The van der Waals surface area contributed by atoms with Gasteiger partial charge in [0, 0.05) is 11.4 Å². The summed E-state index contributed by atoms with van der Waals surface area (Å²) in [4.78, 5) is 0. The molecule has 1 N–H and O–H groups in total. The van der Waals surface area contributed by atoms with E-state index < -0.39 is 0 Å². The highest BCUT2D eigenvalue weighted by atomic mass is 14.9. The van der Waals surface area contributed by atoms with Gasteiger partial charge in [0.2, 0.25) is 0 Å². The molecule has 1 nitrogen and oxygen atoms in total. The molecule has 0 aliphatic heterocycles. The molecule has 0 amide bonds. The van der Waals surface area contributed by atoms with Crippen LogP contribution in [0.3, 0.4) is 0 Å². The molecule has 0 rings (SSSR count). The standard InChI is InChI=1S/C14H23N/c1-7-8-12(4)14(6)15-13(5)10-9-11(2)3/h7-8,15H,2,5,9-10H2,1,3-4,6H3/b8-7-,14-12+. The van der Waals surface area contributed by atoms with E-state index in [2.05, 4.69) is 38.4 Å². The molecule has 0 unspecified atom stereocenters. The monoisotopic (exact) mass is 205 g/mol. The van der Waals surface area contributed by atoms with Crippen molar-refractivity contribution < 1.29 is 0 Å². The fraction of sp³-hybridized carbons (Fsp3) is 0.429. The molecule has 0 atom stereocenters. The molecule has 0 bridgehead atoms. The molecule has 0 aromatic carbocycles. The SMILES string of the molecule is C=C(C)CCC(=C)N/C(C)=C(C)/C=C\C. The van der Waals surface area contributed by atoms with Crippen molar-refractivity contribution in [3.05, 3.63) is 47.9 Å². The third kappa shape index (κ3) is 6.78. The van der Waals surface area contributed by atoms with E-state index in [0.29, 0.717) is 0 Å². The smallest absolute Gasteiger partial charge is 0.0146 e. The van der Waals surface area contributed by atoms with Gasteiger partial charge in [-0.25, -0.2) is 0 Å². The van der Waals surface area contributed by atoms with Gasteiger partial charge in [-0.1, -0.05) is 24.3 Å². The van der Waals surface area contributed by atoms with Gasteiger partial charge in [-0.15, -0.1) is 6.58 Å². The van der Waals surface area contributed by atoms with Gasteiger partial charge >= 0.3 is 0 Å². The summed E-state index contributed by atoms with van der Waals surface area (Å²) >= 11 is 0. The molecule has 84 valence electrons. The molecule has 0 spiro atoms. The summed E-state index contributed by atoms with van der Waals surface area (Å²) < 4.78 is 0. The van der Waals surface area contributed by atoms with Crippen molar-refractivity contribution in [2.45, 2.75) is 40.5 Å². The molecule has 15 heavy (non-hydrogen) atoms. The summed E-state index contributed by atoms with van der Waals surface area (Å²) in [6.07, 6.45) is 6.09. The van der Waals surface area contributed by atoms with Gasteiger partial charge in [-0.3, -0.25) is 0 Å². The molecule has 1 heteroatoms. The predicted octanol–water partition coefficient (Wildman–Crippen LogP) is 4.32. The fourth-order valence-electron chi connectivity index (χ4n) is 1.17. The lowest BCUT2D eigenvalue weighted by Gasteiger charge is -2.11. The first-order chi connectivity index (χ1) is 6.97. The van der Waals surface area contributed by atoms with Crippen molar-refractivity contribution in [3.63, 3.8) is 0 Å². The van der Waals surface area contributed by atoms with E-state index in [0.717, 1.165) is 18.5 Å². The Morgan fingerprint density at radius 3 is 2.20 bits per heavy atom. The number of hydrogen-bond donors (Lipinski definition) is 1. The quantitative estimate of drug-likeness (QED) is 0.503. The number of allylic oxidation sites excluding steroid dienone is 6. The van der Waals surface area contributed by atoms with E-state index in [1.807, 2.05) is 19.9 Å². The van der Waals surface area contributed by atoms with Crippen LogP contribution in [0.2, 0.25) is 0 Å². The normalized spacial score (nSPS) is 12.5. The molecular formula is C14H23N. The molecule has 0 fully saturated rings. The Balaban J connectivity index is 4.17. The van der Waals surface area contributed by atoms with E-state index >= 15 is 0 Å². The Kier molecular flexibility index (Phi) is 6.52. The van der Waals surface area contributed by atoms with Crippen LogP contribution in [0, 0.1) is 0 Å². The largest absolute Gasteiger partial charge is 0.363 e. The van der Waals surface area contributed by atoms with Gasteiger partial charge in [-0.05, 0) is 46.1 Å². The van der Waals surface area contributed by atoms with E-state index in [-0.39, 0.29) is 0 Å². The zero-order chi connectivity index (χ0) is 11.8. The van der Waals surface area contributed by atoms with Gasteiger partial charge in [0.15, 0.2) is 0 Å². The van der Waals surface area contributed by atoms with Crippen molar-refractivity contribution in [2.75, 3.05) is 0 Å². The van der Waals surface area contributed by atoms with Crippen LogP contribution in [0.1, 0.15) is 40.5 Å². The molecular weight excluding hydrogens is 182 g/mol. The van der Waals surface area contributed by atoms with Crippen LogP contribution in [0.5, 0.6) is 0 Å². The van der Waals surface area contributed by atoms with E-state index in [4.69, 9.17) is 0 Å². The third-order valence-electron chi connectivity index (χ3n) is 2.23. The maximum atomic E-state index is 4.00. The van der Waals surface area contributed by atoms with Crippen molar-refractivity contribution in [1.29, 1.82) is 0 Å². The maximum absolute atomic E-state index is 4.00. The topological polar surface area (TPSA) is 12.0 Å². The lowest BCUT2D eigenvalue weighted by molar-refractivity contribution is 0.827. The molecule has 0 radical (unpaired) electrons. The van der Waals surface area contributed by atoms with Crippen LogP contribution in [0.25, 0.3) is 0 Å². The number of rotatable bonds is 6. The number of nitrogens with one attached hydrogen (secondary N) is 1. The molecule has 0 aromatic heterocycles. The Morgan fingerprint density at radius 1 is 1.13 bits per heavy atom. The Morgan fingerprint density at radius 2 is 1.73 bits per heavy atom. The highest BCUT2D eigenvalue weighted by Gasteiger charge is 1.97. The molecule has 0 saturated heterocycles. The van der Waals surface area contributed by atoms with E-state index in [1.165, 1.54) is 16.8 Å². The van der Waals surface area contributed by atoms with E-state index in [9.17, 15) is 0 Å². The lowest BCUT2D eigenvalue weighted by atomic mass is 10.1. The molecule has 0 saturated carbocycles. The second-order valence-electron chi connectivity index (χ2n) is 3.99. The zero-order valence-corrected chi connectivity index (χ0v) is 10.5. The first-order valence-corrected chi connectivity index (χ1v) is 5.36. The van der Waals surface area contributed by atoms with Gasteiger partial charge in [0.25, 0.3) is 0 Å². The van der Waals surface area contributed by atoms with Gasteiger partial charge in [-0.2, -0.15) is 0 Å². The van der Waals surface area contributed by atoms with Crippen LogP contribution >= 0.6 is 0 Å². The Bertz CT molecular complexity index is 292. The van der Waals surface area contributed by atoms with Gasteiger partial charge in [0.1, 0.15) is 0 Å². The highest BCUT2D eigenvalue weighted by Crippen LogP contribution is 2.09. The van der Waals surface area contributed by atoms with Crippen LogP contribution in [-0.2, 0) is 0 Å². The third-order valence-corrected chi connectivity index (χ3v) is 2.23. The van der Waals surface area contributed by atoms with Crippen molar-refractivity contribution in [3.8, 4) is 0 Å². The summed E-state index contributed by atoms with van der Waals surface area (Å²) in [5.74, 6) is 0. The van der Waals surface area contributed by atoms with Gasteiger partial charge in [0.05, 0.1) is 0 Å². The average Bonchev–Trinajstić information content (AvgIpc) is 2.15. The Hall–Kier alpha value is -1.24. The first kappa shape index (κ1) is 13.8. The van der Waals surface area contributed by atoms with Crippen molar-refractivity contribution in [2.24, 2.45) is 0 Å². The molecule has 0 aliphatic rings. The van der Waals surface area contributed by atoms with Crippen LogP contribution in [-0.4, -0.2) is 0 Å². The summed E-state index contributed by atoms with van der Waals surface area (Å²) in [7, 11) is 0. The highest BCUT2D eigenvalue weighted by molar-refractivity contribution is 5.23. The maximum Gasteiger partial charge on any atom is 0.0146 e. The minimum Gasteiger partial charge on any atom is -0.363 e. The summed E-state index contributed by atoms with van der Waals surface area (Å²) in [5.41, 5.74) is 4.66. The molecule has 0 aliphatic carbocycles. The molecule has 0 heterocycles. The van der Waals surface area contributed by atoms with Crippen molar-refractivity contribution >= 4 is 0 Å². The molecule has 0 aromatic rings. The first-order valence-electron chi connectivity index (χ1n) is 5.36. The zero-order valence-electron chi connectivity index (χ0n) is 10.5. The Labute approximate surface area is 94.3 Å². The van der Waals surface area contributed by atoms with Gasteiger partial charge < -0.3 is 5.32 Å². The lowest BCUT2D eigenvalue weighted by Crippen LogP contribution is -2.11. The summed E-state index contributed by atoms with van der Waals surface area (Å²) in [6.45, 7) is 16.1. The fourth-order valence-corrected chi connectivity index (χ4v) is 1.17. The average molecular weight is 205 g/mol. The van der Waals surface area contributed by atoms with E-state index in [1.54, 1.807) is 0 Å². The second kappa shape index (κ2) is 7.10. The minimum absolute atomic E-state index is 0.954. The second-order valence-corrected chi connectivity index (χ2v) is 3.99. The summed E-state index contributed by atoms with van der Waals surface area (Å²) in [5, 5.41) is 3.31. The summed E-state index contributed by atoms with van der Waals surface area (Å²) in [6, 6.07) is 0. The number of hydrogen-bond acceptors (Lipinski definition) is 1. The predicted molar refractivity (Wildman–Crippen MR) is 69.5 cm³/mol. The van der Waals surface area contributed by atoms with Crippen molar-refractivity contribution in [1.82, 2.24) is 5.32 Å². The van der Waals surface area contributed by atoms with Crippen LogP contribution < -0.4 is 5.32 Å².